The molecule has 11 heteroatoms. The normalized spacial score (nSPS) is 30.6. The molecule has 1 aromatic carbocycles. The lowest BCUT2D eigenvalue weighted by Crippen LogP contribution is -2.64. The van der Waals surface area contributed by atoms with Crippen LogP contribution in [0.3, 0.4) is 0 Å². The van der Waals surface area contributed by atoms with Gasteiger partial charge in [0.25, 0.3) is 5.91 Å². The molecule has 3 aliphatic carbocycles. The molecule has 0 bridgehead atoms. The molecular weight excluding hydrogens is 400 g/mol. The van der Waals surface area contributed by atoms with Gasteiger partial charge in [0.1, 0.15) is 28.9 Å². The fourth-order valence-corrected chi connectivity index (χ4v) is 4.57. The summed E-state index contributed by atoms with van der Waals surface area (Å²) >= 11 is 0. The number of nitrogens with zero attached hydrogens (tertiary/aromatic N) is 1. The van der Waals surface area contributed by atoms with Gasteiger partial charge in [-0.1, -0.05) is 17.3 Å². The summed E-state index contributed by atoms with van der Waals surface area (Å²) in [7, 11) is 0. The first-order valence-corrected chi connectivity index (χ1v) is 8.73. The third kappa shape index (κ3) is 2.12. The van der Waals surface area contributed by atoms with E-state index in [1.165, 1.54) is 12.1 Å². The number of primary amides is 1. The summed E-state index contributed by atoms with van der Waals surface area (Å²) in [6.07, 6.45) is -0.772. The summed E-state index contributed by atoms with van der Waals surface area (Å²) in [6, 6.07) is 1.97. The number of carbonyl (C=O) groups excluding carboxylic acids is 4. The molecular formula is C19H14N2O9. The Morgan fingerprint density at radius 3 is 2.43 bits per heavy atom. The van der Waals surface area contributed by atoms with E-state index < -0.39 is 81.6 Å². The average Bonchev–Trinajstić information content (AvgIpc) is 2.68. The summed E-state index contributed by atoms with van der Waals surface area (Å²) in [5, 5.41) is 45.1. The molecule has 1 fully saturated rings. The van der Waals surface area contributed by atoms with Gasteiger partial charge < -0.3 is 26.2 Å². The lowest BCUT2D eigenvalue weighted by molar-refractivity contribution is -0.148. The van der Waals surface area contributed by atoms with Gasteiger partial charge in [0.05, 0.1) is 17.1 Å². The molecule has 3 aliphatic rings. The lowest BCUT2D eigenvalue weighted by Gasteiger charge is -2.47. The number of phenols is 1. The van der Waals surface area contributed by atoms with Gasteiger partial charge >= 0.3 is 0 Å². The quantitative estimate of drug-likeness (QED) is 0.321. The van der Waals surface area contributed by atoms with Crippen LogP contribution in [0.5, 0.6) is 5.75 Å². The van der Waals surface area contributed by atoms with Crippen molar-refractivity contribution in [3.8, 4) is 5.75 Å². The van der Waals surface area contributed by atoms with Gasteiger partial charge in [0.15, 0.2) is 17.2 Å². The van der Waals surface area contributed by atoms with Crippen LogP contribution in [0, 0.1) is 16.7 Å². The van der Waals surface area contributed by atoms with E-state index in [2.05, 4.69) is 5.18 Å². The van der Waals surface area contributed by atoms with E-state index >= 15 is 0 Å². The molecule has 30 heavy (non-hydrogen) atoms. The topological polar surface area (TPSA) is 205 Å². The van der Waals surface area contributed by atoms with Gasteiger partial charge in [-0.15, -0.1) is 0 Å². The van der Waals surface area contributed by atoms with Gasteiger partial charge in [-0.3, -0.25) is 19.2 Å². The van der Waals surface area contributed by atoms with Crippen LogP contribution in [-0.4, -0.2) is 55.3 Å². The highest BCUT2D eigenvalue weighted by molar-refractivity contribution is 6.25. The van der Waals surface area contributed by atoms with Crippen LogP contribution >= 0.6 is 0 Å². The van der Waals surface area contributed by atoms with Crippen LogP contribution < -0.4 is 5.73 Å². The Labute approximate surface area is 167 Å². The molecule has 0 aromatic heterocycles. The second-order valence-corrected chi connectivity index (χ2v) is 7.32. The zero-order chi connectivity index (χ0) is 22.1. The first-order valence-electron chi connectivity index (χ1n) is 8.73. The van der Waals surface area contributed by atoms with Gasteiger partial charge in [0, 0.05) is 17.9 Å². The number of benzene rings is 1. The molecule has 0 unspecified atom stereocenters. The number of ketones is 3. The molecule has 11 nitrogen and oxygen atoms in total. The number of aliphatic hydroxyl groups excluding tert-OH is 2. The van der Waals surface area contributed by atoms with Crippen LogP contribution in [0.1, 0.15) is 22.3 Å². The molecule has 1 amide bonds. The zero-order valence-electron chi connectivity index (χ0n) is 15.0. The Hall–Kier alpha value is -3.86. The molecule has 0 radical (unpaired) electrons. The Balaban J connectivity index is 2.07. The molecule has 0 aliphatic heterocycles. The van der Waals surface area contributed by atoms with Gasteiger partial charge in [0.2, 0.25) is 5.78 Å². The number of aliphatic hydroxyl groups is 3. The molecule has 1 aromatic rings. The van der Waals surface area contributed by atoms with Crippen molar-refractivity contribution in [3.63, 3.8) is 0 Å². The first-order chi connectivity index (χ1) is 14.1. The van der Waals surface area contributed by atoms with Crippen molar-refractivity contribution < 1.29 is 39.6 Å². The van der Waals surface area contributed by atoms with E-state index in [1.807, 2.05) is 0 Å². The number of fused-ring (bicyclic) bond motifs is 3. The molecule has 1 saturated carbocycles. The highest BCUT2D eigenvalue weighted by atomic mass is 16.3. The van der Waals surface area contributed by atoms with Crippen molar-refractivity contribution in [1.29, 1.82) is 0 Å². The van der Waals surface area contributed by atoms with Crippen molar-refractivity contribution in [2.45, 2.75) is 18.1 Å². The maximum Gasteiger partial charge on any atom is 0.255 e. The summed E-state index contributed by atoms with van der Waals surface area (Å²) < 4.78 is 0. The summed E-state index contributed by atoms with van der Waals surface area (Å²) in [4.78, 5) is 61.9. The van der Waals surface area contributed by atoms with Crippen molar-refractivity contribution in [2.24, 2.45) is 22.7 Å². The number of nitrogens with two attached hydrogens (primary N) is 1. The number of Topliss-reactive ketones (excluding diaryl/α,β-unsaturated/α-hetero) is 3. The van der Waals surface area contributed by atoms with Crippen LogP contribution in [0.4, 0.5) is 0 Å². The van der Waals surface area contributed by atoms with E-state index in [9.17, 15) is 44.5 Å². The minimum Gasteiger partial charge on any atom is -0.508 e. The van der Waals surface area contributed by atoms with Crippen LogP contribution in [0.25, 0.3) is 5.76 Å². The molecule has 154 valence electrons. The summed E-state index contributed by atoms with van der Waals surface area (Å²) in [5.41, 5.74) is -0.286. The van der Waals surface area contributed by atoms with Gasteiger partial charge in [-0.25, -0.2) is 0 Å². The van der Waals surface area contributed by atoms with E-state index in [4.69, 9.17) is 5.73 Å². The Morgan fingerprint density at radius 2 is 1.83 bits per heavy atom. The Kier molecular flexibility index (Phi) is 3.93. The average molecular weight is 414 g/mol. The summed E-state index contributed by atoms with van der Waals surface area (Å²) in [5.74, 6) is -10.8. The third-order valence-corrected chi connectivity index (χ3v) is 5.92. The number of hydrogen-bond acceptors (Lipinski definition) is 10. The van der Waals surface area contributed by atoms with E-state index in [0.717, 1.165) is 6.07 Å². The van der Waals surface area contributed by atoms with Crippen LogP contribution in [0.15, 0.2) is 40.3 Å². The number of phenolic OH excluding ortho intramolecular Hbond substituents is 1. The second kappa shape index (κ2) is 6.07. The lowest BCUT2D eigenvalue weighted by atomic mass is 9.56. The first kappa shape index (κ1) is 19.5. The minimum absolute atomic E-state index is 0.187. The van der Waals surface area contributed by atoms with Crippen molar-refractivity contribution in [3.05, 3.63) is 51.1 Å². The Morgan fingerprint density at radius 1 is 1.17 bits per heavy atom. The molecule has 0 heterocycles. The number of hydrogen-bond donors (Lipinski definition) is 5. The maximum absolute atomic E-state index is 13.2. The SMILES string of the molecule is NC(=O)C1=C(O)[C@@]2(O)C(=O)C3=C(O)c4c(O)cccc4C(=O)[C@H]3[C@H](N=O)[C@H]2CC1=O. The van der Waals surface area contributed by atoms with Crippen LogP contribution in [0.2, 0.25) is 0 Å². The fraction of sp³-hybridized carbons (Fsp3) is 0.263. The van der Waals surface area contributed by atoms with E-state index in [1.54, 1.807) is 0 Å². The van der Waals surface area contributed by atoms with Crippen molar-refractivity contribution in [1.82, 2.24) is 0 Å². The standard InChI is InChI=1S/C19H14N2O9/c20-18(28)10-8(23)4-6-13(21-30)11-12(17(27)19(6,29)16(10)26)15(25)9-5(14(11)24)2-1-3-7(9)22/h1-3,6,11,13,22,25-26,29H,4H2,(H2,20,28)/t6-,11-,13-,19-/m1/s1. The van der Waals surface area contributed by atoms with Crippen molar-refractivity contribution in [2.75, 3.05) is 0 Å². The molecule has 0 spiro atoms. The predicted molar refractivity (Wildman–Crippen MR) is 97.0 cm³/mol. The summed E-state index contributed by atoms with van der Waals surface area (Å²) in [6.45, 7) is 0. The van der Waals surface area contributed by atoms with E-state index in [0.29, 0.717) is 0 Å². The second-order valence-electron chi connectivity index (χ2n) is 7.32. The smallest absolute Gasteiger partial charge is 0.255 e. The maximum atomic E-state index is 13.2. The molecule has 0 saturated heterocycles. The molecule has 4 atom stereocenters. The largest absolute Gasteiger partial charge is 0.508 e. The van der Waals surface area contributed by atoms with Crippen molar-refractivity contribution >= 4 is 29.0 Å². The van der Waals surface area contributed by atoms with Crippen LogP contribution in [-0.2, 0) is 14.4 Å². The van der Waals surface area contributed by atoms with Gasteiger partial charge in [-0.05, 0) is 6.07 Å². The number of aromatic hydroxyl groups is 1. The zero-order valence-corrected chi connectivity index (χ0v) is 15.0. The monoisotopic (exact) mass is 414 g/mol. The van der Waals surface area contributed by atoms with E-state index in [-0.39, 0.29) is 11.1 Å². The third-order valence-electron chi connectivity index (χ3n) is 5.92. The minimum atomic E-state index is -3.00. The van der Waals surface area contributed by atoms with Gasteiger partial charge in [-0.2, -0.15) is 4.91 Å². The Bertz CT molecular complexity index is 1150. The number of carbonyl (C=O) groups is 4. The highest BCUT2D eigenvalue weighted by Gasteiger charge is 2.66. The number of nitroso groups, excluding NO2 is 1. The molecule has 6 N–H and O–H groups in total. The number of amides is 1. The highest BCUT2D eigenvalue weighted by Crippen LogP contribution is 2.52. The predicted octanol–water partition coefficient (Wildman–Crippen LogP) is -0.191. The fourth-order valence-electron chi connectivity index (χ4n) is 4.57. The molecule has 4 rings (SSSR count). The number of rotatable bonds is 2.